The van der Waals surface area contributed by atoms with E-state index < -0.39 is 0 Å². The minimum atomic E-state index is -0.328. The van der Waals surface area contributed by atoms with E-state index in [2.05, 4.69) is 65.7 Å². The molecule has 3 aromatic carbocycles. The quantitative estimate of drug-likeness (QED) is 0.544. The Morgan fingerprint density at radius 2 is 1.71 bits per heavy atom. The Morgan fingerprint density at radius 3 is 2.43 bits per heavy atom. The second kappa shape index (κ2) is 10.2. The summed E-state index contributed by atoms with van der Waals surface area (Å²) in [6.07, 6.45) is 1.89. The molecule has 0 bridgehead atoms. The van der Waals surface area contributed by atoms with Crippen LogP contribution in [-0.4, -0.2) is 59.3 Å². The predicted octanol–water partition coefficient (Wildman–Crippen LogP) is 5.26. The van der Waals surface area contributed by atoms with Gasteiger partial charge in [-0.3, -0.25) is 4.90 Å². The summed E-state index contributed by atoms with van der Waals surface area (Å²) < 4.78 is 13.2. The number of carbonyl (C=O) groups is 1. The van der Waals surface area contributed by atoms with Gasteiger partial charge in [-0.1, -0.05) is 48.5 Å². The Labute approximate surface area is 206 Å². The normalized spacial score (nSPS) is 22.5. The number of nitrogens with zero attached hydrogens (tertiary/aromatic N) is 2. The van der Waals surface area contributed by atoms with E-state index in [0.29, 0.717) is 18.8 Å². The van der Waals surface area contributed by atoms with Crippen LogP contribution in [0.1, 0.15) is 29.9 Å². The number of halogens is 1. The summed E-state index contributed by atoms with van der Waals surface area (Å²) in [6, 6.07) is 22.9. The lowest BCUT2D eigenvalue weighted by atomic mass is 9.74. The van der Waals surface area contributed by atoms with Crippen LogP contribution < -0.4 is 5.32 Å². The number of anilines is 1. The summed E-state index contributed by atoms with van der Waals surface area (Å²) in [5.41, 5.74) is 5.43. The molecule has 0 unspecified atom stereocenters. The average Bonchev–Trinajstić information content (AvgIpc) is 2.85. The highest BCUT2D eigenvalue weighted by Crippen LogP contribution is 2.42. The van der Waals surface area contributed by atoms with Crippen molar-refractivity contribution in [2.24, 2.45) is 0 Å². The third-order valence-electron chi connectivity index (χ3n) is 7.50. The van der Waals surface area contributed by atoms with E-state index in [-0.39, 0.29) is 36.5 Å². The van der Waals surface area contributed by atoms with Crippen LogP contribution >= 0.6 is 0 Å². The van der Waals surface area contributed by atoms with Crippen molar-refractivity contribution >= 4 is 11.7 Å². The number of aryl methyl sites for hydroxylation is 1. The van der Waals surface area contributed by atoms with Gasteiger partial charge in [0.05, 0.1) is 6.61 Å². The van der Waals surface area contributed by atoms with Gasteiger partial charge in [-0.05, 0) is 72.8 Å². The molecule has 2 fully saturated rings. The first-order valence-corrected chi connectivity index (χ1v) is 12.4. The molecule has 2 aliphatic rings. The van der Waals surface area contributed by atoms with Crippen molar-refractivity contribution in [2.45, 2.75) is 37.8 Å². The average molecular weight is 474 g/mol. The van der Waals surface area contributed by atoms with Crippen molar-refractivity contribution in [3.05, 3.63) is 89.7 Å². The summed E-state index contributed by atoms with van der Waals surface area (Å²) >= 11 is 0. The van der Waals surface area contributed by atoms with Crippen LogP contribution in [0.3, 0.4) is 0 Å². The molecule has 0 radical (unpaired) electrons. The van der Waals surface area contributed by atoms with Crippen molar-refractivity contribution in [2.75, 3.05) is 31.6 Å². The monoisotopic (exact) mass is 473 g/mol. The molecule has 0 aliphatic carbocycles. The fourth-order valence-electron chi connectivity index (χ4n) is 5.64. The number of nitrogens with one attached hydrogen (secondary N) is 1. The number of hydrogen-bond donors (Lipinski definition) is 2. The summed E-state index contributed by atoms with van der Waals surface area (Å²) in [5.74, 6) is -0.171. The molecule has 182 valence electrons. The number of amides is 2. The lowest BCUT2D eigenvalue weighted by molar-refractivity contribution is -0.0585. The Kier molecular flexibility index (Phi) is 6.84. The standard InChI is InChI=1S/C29H32FN3O2/c1-20-6-2-3-7-25(20)21-8-10-22(11-9-21)28-26-18-32(16-4-5-17-33(26)27(28)19-34)29(35)31-24-14-12-23(30)13-15-24/h2-3,6-15,26-28,34H,4-5,16-19H2,1H3,(H,31,35)/t26-,27-,28-/m0/s1. The summed E-state index contributed by atoms with van der Waals surface area (Å²) in [4.78, 5) is 17.3. The van der Waals surface area contributed by atoms with E-state index in [9.17, 15) is 14.3 Å². The Balaban J connectivity index is 1.35. The molecule has 6 heteroatoms. The first-order valence-electron chi connectivity index (χ1n) is 12.4. The topological polar surface area (TPSA) is 55.8 Å². The molecule has 3 atom stereocenters. The maximum absolute atomic E-state index is 13.2. The van der Waals surface area contributed by atoms with E-state index in [4.69, 9.17) is 0 Å². The number of fused-ring (bicyclic) bond motifs is 1. The van der Waals surface area contributed by atoms with Gasteiger partial charge in [0.2, 0.25) is 0 Å². The number of urea groups is 1. The summed E-state index contributed by atoms with van der Waals surface area (Å²) in [6.45, 7) is 4.42. The van der Waals surface area contributed by atoms with Gasteiger partial charge in [0.1, 0.15) is 5.82 Å². The maximum atomic E-state index is 13.2. The number of rotatable bonds is 4. The smallest absolute Gasteiger partial charge is 0.321 e. The first kappa shape index (κ1) is 23.5. The zero-order valence-electron chi connectivity index (χ0n) is 20.0. The van der Waals surface area contributed by atoms with Gasteiger partial charge in [-0.15, -0.1) is 0 Å². The zero-order chi connectivity index (χ0) is 24.4. The van der Waals surface area contributed by atoms with Gasteiger partial charge in [0, 0.05) is 36.8 Å². The zero-order valence-corrected chi connectivity index (χ0v) is 20.0. The second-order valence-electron chi connectivity index (χ2n) is 9.61. The maximum Gasteiger partial charge on any atom is 0.321 e. The highest BCUT2D eigenvalue weighted by Gasteiger charge is 2.49. The van der Waals surface area contributed by atoms with E-state index in [0.717, 1.165) is 19.4 Å². The van der Waals surface area contributed by atoms with Crippen molar-refractivity contribution in [1.29, 1.82) is 0 Å². The number of aliphatic hydroxyl groups is 1. The van der Waals surface area contributed by atoms with E-state index in [1.807, 2.05) is 4.90 Å². The third-order valence-corrected chi connectivity index (χ3v) is 7.50. The molecule has 2 heterocycles. The molecule has 0 spiro atoms. The van der Waals surface area contributed by atoms with Crippen LogP contribution in [-0.2, 0) is 0 Å². The third kappa shape index (κ3) is 4.81. The van der Waals surface area contributed by atoms with Crippen LogP contribution in [0.2, 0.25) is 0 Å². The minimum Gasteiger partial charge on any atom is -0.395 e. The van der Waals surface area contributed by atoms with Gasteiger partial charge in [0.25, 0.3) is 0 Å². The minimum absolute atomic E-state index is 0.0596. The molecule has 5 nitrogen and oxygen atoms in total. The fourth-order valence-corrected chi connectivity index (χ4v) is 5.64. The molecule has 5 rings (SSSR count). The van der Waals surface area contributed by atoms with Crippen LogP contribution in [0.4, 0.5) is 14.9 Å². The predicted molar refractivity (Wildman–Crippen MR) is 137 cm³/mol. The second-order valence-corrected chi connectivity index (χ2v) is 9.61. The lowest BCUT2D eigenvalue weighted by Gasteiger charge is -2.57. The van der Waals surface area contributed by atoms with E-state index in [1.165, 1.54) is 34.4 Å². The molecule has 2 N–H and O–H groups in total. The van der Waals surface area contributed by atoms with Gasteiger partial charge in [0.15, 0.2) is 0 Å². The molecular weight excluding hydrogens is 441 g/mol. The Hall–Kier alpha value is -3.22. The molecule has 3 aromatic rings. The molecular formula is C29H32FN3O2. The van der Waals surface area contributed by atoms with Crippen LogP contribution in [0.25, 0.3) is 11.1 Å². The van der Waals surface area contributed by atoms with E-state index >= 15 is 0 Å². The van der Waals surface area contributed by atoms with Crippen molar-refractivity contribution in [3.8, 4) is 11.1 Å². The van der Waals surface area contributed by atoms with Crippen LogP contribution in [0.15, 0.2) is 72.8 Å². The van der Waals surface area contributed by atoms with Crippen LogP contribution in [0, 0.1) is 12.7 Å². The Bertz CT molecular complexity index is 1170. The highest BCUT2D eigenvalue weighted by molar-refractivity contribution is 5.89. The van der Waals surface area contributed by atoms with Crippen molar-refractivity contribution in [3.63, 3.8) is 0 Å². The van der Waals surface area contributed by atoms with Crippen molar-refractivity contribution in [1.82, 2.24) is 9.80 Å². The highest BCUT2D eigenvalue weighted by atomic mass is 19.1. The fraction of sp³-hybridized carbons (Fsp3) is 0.345. The Morgan fingerprint density at radius 1 is 1.00 bits per heavy atom. The van der Waals surface area contributed by atoms with Gasteiger partial charge in [-0.2, -0.15) is 0 Å². The molecule has 0 saturated carbocycles. The largest absolute Gasteiger partial charge is 0.395 e. The molecule has 0 aromatic heterocycles. The van der Waals surface area contributed by atoms with Gasteiger partial charge < -0.3 is 15.3 Å². The number of benzene rings is 3. The van der Waals surface area contributed by atoms with E-state index in [1.54, 1.807) is 12.1 Å². The molecule has 2 aliphatic heterocycles. The first-order chi connectivity index (χ1) is 17.0. The summed E-state index contributed by atoms with van der Waals surface area (Å²) in [5, 5.41) is 13.1. The van der Waals surface area contributed by atoms with Gasteiger partial charge in [-0.25, -0.2) is 9.18 Å². The van der Waals surface area contributed by atoms with Crippen molar-refractivity contribution < 1.29 is 14.3 Å². The number of carbonyl (C=O) groups excluding carboxylic acids is 1. The number of hydrogen-bond acceptors (Lipinski definition) is 3. The summed E-state index contributed by atoms with van der Waals surface area (Å²) in [7, 11) is 0. The molecule has 2 amide bonds. The van der Waals surface area contributed by atoms with Gasteiger partial charge >= 0.3 is 6.03 Å². The van der Waals surface area contributed by atoms with Crippen LogP contribution in [0.5, 0.6) is 0 Å². The SMILES string of the molecule is Cc1ccccc1-c1ccc([C@@H]2[C@H](CO)N3CCCCN(C(=O)Nc4ccc(F)cc4)C[C@@H]23)cc1. The molecule has 35 heavy (non-hydrogen) atoms. The number of aliphatic hydroxyl groups excluding tert-OH is 1. The lowest BCUT2D eigenvalue weighted by Crippen LogP contribution is -2.68. The molecule has 2 saturated heterocycles.